The Morgan fingerprint density at radius 1 is 1.39 bits per heavy atom. The van der Waals surface area contributed by atoms with E-state index in [0.717, 1.165) is 31.0 Å². The van der Waals surface area contributed by atoms with Gasteiger partial charge in [-0.2, -0.15) is 0 Å². The van der Waals surface area contributed by atoms with Gasteiger partial charge in [-0.15, -0.1) is 11.3 Å². The number of thiophene rings is 1. The van der Waals surface area contributed by atoms with E-state index in [-0.39, 0.29) is 0 Å². The highest BCUT2D eigenvalue weighted by molar-refractivity contribution is 7.09. The van der Waals surface area contributed by atoms with Crippen LogP contribution in [0.4, 0.5) is 0 Å². The third-order valence-electron chi connectivity index (χ3n) is 2.54. The third kappa shape index (κ3) is 4.13. The van der Waals surface area contributed by atoms with Crippen molar-refractivity contribution >= 4 is 11.3 Å². The van der Waals surface area contributed by atoms with Gasteiger partial charge in [-0.3, -0.25) is 4.98 Å². The molecule has 0 fully saturated rings. The Morgan fingerprint density at radius 3 is 3.11 bits per heavy atom. The average Bonchev–Trinajstić information content (AvgIpc) is 2.90. The number of ether oxygens (including phenoxy) is 1. The highest BCUT2D eigenvalue weighted by Gasteiger charge is 1.99. The maximum absolute atomic E-state index is 5.74. The first-order valence-corrected chi connectivity index (χ1v) is 7.07. The minimum Gasteiger partial charge on any atom is -0.493 e. The fourth-order valence-electron chi connectivity index (χ4n) is 1.62. The van der Waals surface area contributed by atoms with Crippen LogP contribution >= 0.6 is 11.3 Å². The molecule has 0 aliphatic rings. The van der Waals surface area contributed by atoms with Crippen LogP contribution in [-0.2, 0) is 13.0 Å². The van der Waals surface area contributed by atoms with Crippen molar-refractivity contribution in [1.82, 2.24) is 10.3 Å². The van der Waals surface area contributed by atoms with Crippen molar-refractivity contribution < 1.29 is 4.74 Å². The van der Waals surface area contributed by atoms with Gasteiger partial charge < -0.3 is 10.1 Å². The topological polar surface area (TPSA) is 34.1 Å². The molecule has 96 valence electrons. The molecule has 0 saturated heterocycles. The molecule has 3 nitrogen and oxygen atoms in total. The van der Waals surface area contributed by atoms with Crippen molar-refractivity contribution in [2.75, 3.05) is 13.2 Å². The van der Waals surface area contributed by atoms with Crippen LogP contribution in [0.3, 0.4) is 0 Å². The molecule has 0 aliphatic carbocycles. The van der Waals surface area contributed by atoms with Gasteiger partial charge in [0.15, 0.2) is 0 Å². The van der Waals surface area contributed by atoms with Gasteiger partial charge in [0, 0.05) is 30.1 Å². The van der Waals surface area contributed by atoms with Crippen LogP contribution in [-0.4, -0.2) is 18.1 Å². The lowest BCUT2D eigenvalue weighted by atomic mass is 10.3. The second-order valence-corrected chi connectivity index (χ2v) is 4.97. The summed E-state index contributed by atoms with van der Waals surface area (Å²) in [5.74, 6) is 0.898. The zero-order valence-corrected chi connectivity index (χ0v) is 11.4. The summed E-state index contributed by atoms with van der Waals surface area (Å²) in [6.07, 6.45) is 2.76. The van der Waals surface area contributed by atoms with Crippen molar-refractivity contribution in [3.05, 3.63) is 46.4 Å². The van der Waals surface area contributed by atoms with Crippen molar-refractivity contribution in [2.24, 2.45) is 0 Å². The van der Waals surface area contributed by atoms with Crippen molar-refractivity contribution in [3.63, 3.8) is 0 Å². The van der Waals surface area contributed by atoms with Gasteiger partial charge >= 0.3 is 0 Å². The number of aromatic nitrogens is 1. The first-order valence-electron chi connectivity index (χ1n) is 6.19. The fraction of sp³-hybridized carbons (Fsp3) is 0.357. The summed E-state index contributed by atoms with van der Waals surface area (Å²) in [4.78, 5) is 5.65. The molecule has 2 rings (SSSR count). The smallest absolute Gasteiger partial charge is 0.122 e. The Balaban J connectivity index is 1.81. The molecule has 18 heavy (non-hydrogen) atoms. The third-order valence-corrected chi connectivity index (χ3v) is 3.48. The number of pyridine rings is 1. The standard InChI is InChI=1S/C14H18N2OS/c1-2-15-11-12-10-13(5-7-16-12)17-8-6-14-4-3-9-18-14/h3-5,7,9-10,15H,2,6,8,11H2,1H3. The highest BCUT2D eigenvalue weighted by Crippen LogP contribution is 2.13. The molecule has 0 spiro atoms. The summed E-state index contributed by atoms with van der Waals surface area (Å²) in [5, 5.41) is 5.35. The van der Waals surface area contributed by atoms with E-state index in [1.165, 1.54) is 4.88 Å². The predicted octanol–water partition coefficient (Wildman–Crippen LogP) is 2.87. The SMILES string of the molecule is CCNCc1cc(OCCc2cccs2)ccn1. The number of nitrogens with zero attached hydrogens (tertiary/aromatic N) is 1. The summed E-state index contributed by atoms with van der Waals surface area (Å²) < 4.78 is 5.74. The van der Waals surface area contributed by atoms with Gasteiger partial charge in [0.1, 0.15) is 5.75 Å². The zero-order chi connectivity index (χ0) is 12.6. The van der Waals surface area contributed by atoms with Crippen LogP contribution < -0.4 is 10.1 Å². The number of hydrogen-bond acceptors (Lipinski definition) is 4. The van der Waals surface area contributed by atoms with Crippen molar-refractivity contribution in [3.8, 4) is 5.75 Å². The Labute approximate surface area is 112 Å². The number of nitrogens with one attached hydrogen (secondary N) is 1. The maximum Gasteiger partial charge on any atom is 0.122 e. The van der Waals surface area contributed by atoms with Gasteiger partial charge in [0.05, 0.1) is 12.3 Å². The van der Waals surface area contributed by atoms with E-state index in [1.807, 2.05) is 12.1 Å². The van der Waals surface area contributed by atoms with E-state index in [0.29, 0.717) is 6.61 Å². The molecule has 0 aliphatic heterocycles. The van der Waals surface area contributed by atoms with E-state index >= 15 is 0 Å². The molecule has 2 heterocycles. The molecule has 2 aromatic heterocycles. The Kier molecular flexibility index (Phi) is 5.17. The monoisotopic (exact) mass is 262 g/mol. The molecular weight excluding hydrogens is 244 g/mol. The van der Waals surface area contributed by atoms with Gasteiger partial charge in [-0.05, 0) is 24.1 Å². The second-order valence-electron chi connectivity index (χ2n) is 3.94. The summed E-state index contributed by atoms with van der Waals surface area (Å²) >= 11 is 1.77. The summed E-state index contributed by atoms with van der Waals surface area (Å²) in [5.41, 5.74) is 1.02. The first kappa shape index (κ1) is 13.1. The Morgan fingerprint density at radius 2 is 2.33 bits per heavy atom. The molecule has 0 aromatic carbocycles. The van der Waals surface area contributed by atoms with Crippen LogP contribution in [0.1, 0.15) is 17.5 Å². The molecule has 0 atom stereocenters. The zero-order valence-electron chi connectivity index (χ0n) is 10.6. The molecule has 0 radical (unpaired) electrons. The number of hydrogen-bond donors (Lipinski definition) is 1. The molecule has 0 unspecified atom stereocenters. The van der Waals surface area contributed by atoms with Crippen molar-refractivity contribution in [1.29, 1.82) is 0 Å². The predicted molar refractivity (Wildman–Crippen MR) is 75.1 cm³/mol. The van der Waals surface area contributed by atoms with E-state index in [9.17, 15) is 0 Å². The van der Waals surface area contributed by atoms with E-state index in [4.69, 9.17) is 4.74 Å². The van der Waals surface area contributed by atoms with Crippen molar-refractivity contribution in [2.45, 2.75) is 19.9 Å². The van der Waals surface area contributed by atoms with Crippen LogP contribution in [0.25, 0.3) is 0 Å². The van der Waals surface area contributed by atoms with Gasteiger partial charge in [-0.25, -0.2) is 0 Å². The van der Waals surface area contributed by atoms with Crippen LogP contribution in [0.5, 0.6) is 5.75 Å². The van der Waals surface area contributed by atoms with Gasteiger partial charge in [0.25, 0.3) is 0 Å². The highest BCUT2D eigenvalue weighted by atomic mass is 32.1. The van der Waals surface area contributed by atoms with E-state index < -0.39 is 0 Å². The van der Waals surface area contributed by atoms with Gasteiger partial charge in [0.2, 0.25) is 0 Å². The quantitative estimate of drug-likeness (QED) is 0.833. The average molecular weight is 262 g/mol. The first-order chi connectivity index (χ1) is 8.88. The largest absolute Gasteiger partial charge is 0.493 e. The van der Waals surface area contributed by atoms with E-state index in [2.05, 4.69) is 34.7 Å². The second kappa shape index (κ2) is 7.13. The molecule has 0 bridgehead atoms. The molecule has 0 saturated carbocycles. The fourth-order valence-corrected chi connectivity index (χ4v) is 2.31. The molecule has 0 amide bonds. The lowest BCUT2D eigenvalue weighted by Gasteiger charge is -2.07. The van der Waals surface area contributed by atoms with Gasteiger partial charge in [-0.1, -0.05) is 13.0 Å². The molecular formula is C14H18N2OS. The lowest BCUT2D eigenvalue weighted by Crippen LogP contribution is -2.13. The minimum atomic E-state index is 0.713. The Hall–Kier alpha value is -1.39. The van der Waals surface area contributed by atoms with E-state index in [1.54, 1.807) is 17.5 Å². The maximum atomic E-state index is 5.74. The molecule has 2 aromatic rings. The summed E-state index contributed by atoms with van der Waals surface area (Å²) in [6.45, 7) is 4.54. The van der Waals surface area contributed by atoms with Crippen LogP contribution in [0, 0.1) is 0 Å². The lowest BCUT2D eigenvalue weighted by molar-refractivity contribution is 0.322. The minimum absolute atomic E-state index is 0.713. The molecule has 4 heteroatoms. The number of rotatable bonds is 7. The van der Waals surface area contributed by atoms with Crippen LogP contribution in [0.15, 0.2) is 35.8 Å². The summed E-state index contributed by atoms with van der Waals surface area (Å²) in [6, 6.07) is 8.11. The summed E-state index contributed by atoms with van der Waals surface area (Å²) in [7, 11) is 0. The normalized spacial score (nSPS) is 10.5. The molecule has 1 N–H and O–H groups in total. The van der Waals surface area contributed by atoms with Crippen LogP contribution in [0.2, 0.25) is 0 Å². The Bertz CT molecular complexity index is 457.